The molecule has 0 bridgehead atoms. The lowest BCUT2D eigenvalue weighted by Crippen LogP contribution is -1.86. The van der Waals surface area contributed by atoms with Gasteiger partial charge in [0.15, 0.2) is 6.29 Å². The zero-order valence-electron chi connectivity index (χ0n) is 8.99. The van der Waals surface area contributed by atoms with Gasteiger partial charge in [-0.15, -0.1) is 0 Å². The molecule has 18 heavy (non-hydrogen) atoms. The SMILES string of the molecule is O=Cc1cccc(Cl)c1Sc1ccc(Cl)c(Cl)c1. The highest BCUT2D eigenvalue weighted by Gasteiger charge is 2.09. The normalized spacial score (nSPS) is 10.4. The number of rotatable bonds is 3. The van der Waals surface area contributed by atoms with Crippen molar-refractivity contribution in [2.45, 2.75) is 9.79 Å². The van der Waals surface area contributed by atoms with Crippen LogP contribution in [0.4, 0.5) is 0 Å². The molecule has 0 radical (unpaired) electrons. The quantitative estimate of drug-likeness (QED) is 0.684. The molecule has 2 rings (SSSR count). The topological polar surface area (TPSA) is 17.1 Å². The summed E-state index contributed by atoms with van der Waals surface area (Å²) in [7, 11) is 0. The predicted molar refractivity (Wildman–Crippen MR) is 77.4 cm³/mol. The molecule has 1 nitrogen and oxygen atoms in total. The van der Waals surface area contributed by atoms with Gasteiger partial charge in [-0.3, -0.25) is 4.79 Å². The smallest absolute Gasteiger partial charge is 0.151 e. The van der Waals surface area contributed by atoms with Crippen molar-refractivity contribution in [2.24, 2.45) is 0 Å². The van der Waals surface area contributed by atoms with Crippen molar-refractivity contribution in [2.75, 3.05) is 0 Å². The van der Waals surface area contributed by atoms with Crippen LogP contribution in [-0.2, 0) is 0 Å². The molecule has 0 fully saturated rings. The van der Waals surface area contributed by atoms with E-state index in [1.54, 1.807) is 30.3 Å². The van der Waals surface area contributed by atoms with Crippen molar-refractivity contribution in [3.05, 3.63) is 57.0 Å². The summed E-state index contributed by atoms with van der Waals surface area (Å²) in [6, 6.07) is 10.5. The summed E-state index contributed by atoms with van der Waals surface area (Å²) in [4.78, 5) is 12.6. The van der Waals surface area contributed by atoms with Crippen molar-refractivity contribution in [3.8, 4) is 0 Å². The minimum Gasteiger partial charge on any atom is -0.298 e. The van der Waals surface area contributed by atoms with Crippen molar-refractivity contribution >= 4 is 52.9 Å². The molecule has 0 saturated carbocycles. The molecule has 0 aliphatic rings. The standard InChI is InChI=1S/C13H7Cl3OS/c14-10-5-4-9(6-12(10)16)18-13-8(7-17)2-1-3-11(13)15/h1-7H. The molecule has 0 amide bonds. The van der Waals surface area contributed by atoms with Crippen LogP contribution in [0.2, 0.25) is 15.1 Å². The van der Waals surface area contributed by atoms with E-state index >= 15 is 0 Å². The largest absolute Gasteiger partial charge is 0.298 e. The highest BCUT2D eigenvalue weighted by Crippen LogP contribution is 2.37. The number of aldehydes is 1. The summed E-state index contributed by atoms with van der Waals surface area (Å²) in [6.45, 7) is 0. The Morgan fingerprint density at radius 2 is 1.72 bits per heavy atom. The third-order valence-electron chi connectivity index (χ3n) is 2.24. The van der Waals surface area contributed by atoms with E-state index < -0.39 is 0 Å². The van der Waals surface area contributed by atoms with E-state index in [1.807, 2.05) is 6.07 Å². The number of benzene rings is 2. The summed E-state index contributed by atoms with van der Waals surface area (Å²) >= 11 is 19.3. The third-order valence-corrected chi connectivity index (χ3v) is 4.55. The van der Waals surface area contributed by atoms with Crippen LogP contribution >= 0.6 is 46.6 Å². The van der Waals surface area contributed by atoms with Crippen molar-refractivity contribution in [3.63, 3.8) is 0 Å². The maximum absolute atomic E-state index is 11.0. The summed E-state index contributed by atoms with van der Waals surface area (Å²) in [6.07, 6.45) is 0.783. The zero-order chi connectivity index (χ0) is 13.1. The average molecular weight is 318 g/mol. The lowest BCUT2D eigenvalue weighted by Gasteiger charge is -2.07. The second kappa shape index (κ2) is 5.98. The minimum absolute atomic E-state index is 0.473. The summed E-state index contributed by atoms with van der Waals surface area (Å²) in [5.41, 5.74) is 0.554. The molecule has 0 atom stereocenters. The minimum atomic E-state index is 0.473. The first kappa shape index (κ1) is 13.8. The fourth-order valence-electron chi connectivity index (χ4n) is 1.38. The van der Waals surface area contributed by atoms with Gasteiger partial charge in [-0.1, -0.05) is 58.7 Å². The average Bonchev–Trinajstić information content (AvgIpc) is 2.36. The Balaban J connectivity index is 2.39. The second-order valence-corrected chi connectivity index (χ2v) is 5.76. The first-order chi connectivity index (χ1) is 8.61. The zero-order valence-corrected chi connectivity index (χ0v) is 12.1. The van der Waals surface area contributed by atoms with Crippen LogP contribution in [0.5, 0.6) is 0 Å². The van der Waals surface area contributed by atoms with Crippen LogP contribution in [0, 0.1) is 0 Å². The molecule has 2 aromatic rings. The van der Waals surface area contributed by atoms with E-state index in [0.717, 1.165) is 11.2 Å². The molecule has 0 aromatic heterocycles. The van der Waals surface area contributed by atoms with Gasteiger partial charge < -0.3 is 0 Å². The summed E-state index contributed by atoms with van der Waals surface area (Å²) in [5, 5.41) is 1.51. The highest BCUT2D eigenvalue weighted by molar-refractivity contribution is 7.99. The van der Waals surface area contributed by atoms with Gasteiger partial charge in [-0.25, -0.2) is 0 Å². The Kier molecular flexibility index (Phi) is 4.57. The number of hydrogen-bond acceptors (Lipinski definition) is 2. The third kappa shape index (κ3) is 3.01. The molecular weight excluding hydrogens is 311 g/mol. The van der Waals surface area contributed by atoms with E-state index in [-0.39, 0.29) is 0 Å². The van der Waals surface area contributed by atoms with Crippen molar-refractivity contribution in [1.29, 1.82) is 0 Å². The molecule has 0 saturated heterocycles. The highest BCUT2D eigenvalue weighted by atomic mass is 35.5. The van der Waals surface area contributed by atoms with Gasteiger partial charge >= 0.3 is 0 Å². The maximum Gasteiger partial charge on any atom is 0.151 e. The number of halogens is 3. The Bertz CT molecular complexity index is 599. The van der Waals surface area contributed by atoms with Crippen LogP contribution in [-0.4, -0.2) is 6.29 Å². The number of carbonyl (C=O) groups excluding carboxylic acids is 1. The predicted octanol–water partition coefficient (Wildman–Crippen LogP) is 5.61. The monoisotopic (exact) mass is 316 g/mol. The van der Waals surface area contributed by atoms with Gasteiger partial charge in [0.1, 0.15) is 0 Å². The van der Waals surface area contributed by atoms with Gasteiger partial charge in [0.05, 0.1) is 15.1 Å². The van der Waals surface area contributed by atoms with Gasteiger partial charge in [-0.2, -0.15) is 0 Å². The lowest BCUT2D eigenvalue weighted by atomic mass is 10.2. The van der Waals surface area contributed by atoms with E-state index in [1.165, 1.54) is 11.8 Å². The lowest BCUT2D eigenvalue weighted by molar-refractivity contribution is 0.112. The molecule has 92 valence electrons. The molecule has 0 N–H and O–H groups in total. The van der Waals surface area contributed by atoms with Crippen LogP contribution in [0.25, 0.3) is 0 Å². The van der Waals surface area contributed by atoms with Crippen molar-refractivity contribution < 1.29 is 4.79 Å². The van der Waals surface area contributed by atoms with Gasteiger partial charge in [0, 0.05) is 15.4 Å². The Hall–Kier alpha value is -0.670. The Morgan fingerprint density at radius 1 is 0.944 bits per heavy atom. The van der Waals surface area contributed by atoms with Crippen molar-refractivity contribution in [1.82, 2.24) is 0 Å². The summed E-state index contributed by atoms with van der Waals surface area (Å²) < 4.78 is 0. The Labute approximate surface area is 124 Å². The Morgan fingerprint density at radius 3 is 2.39 bits per heavy atom. The van der Waals surface area contributed by atoms with Crippen LogP contribution in [0.15, 0.2) is 46.2 Å². The molecule has 0 heterocycles. The molecule has 0 aliphatic heterocycles. The van der Waals surface area contributed by atoms with E-state index in [0.29, 0.717) is 25.5 Å². The summed E-state index contributed by atoms with van der Waals surface area (Å²) in [5.74, 6) is 0. The van der Waals surface area contributed by atoms with Gasteiger partial charge in [0.2, 0.25) is 0 Å². The molecule has 2 aromatic carbocycles. The molecular formula is C13H7Cl3OS. The molecule has 5 heteroatoms. The van der Waals surface area contributed by atoms with Crippen LogP contribution < -0.4 is 0 Å². The number of hydrogen-bond donors (Lipinski definition) is 0. The first-order valence-corrected chi connectivity index (χ1v) is 6.93. The van der Waals surface area contributed by atoms with Gasteiger partial charge in [-0.05, 0) is 24.3 Å². The molecule has 0 unspecified atom stereocenters. The van der Waals surface area contributed by atoms with E-state index in [9.17, 15) is 4.79 Å². The van der Waals surface area contributed by atoms with Crippen LogP contribution in [0.1, 0.15) is 10.4 Å². The second-order valence-electron chi connectivity index (χ2n) is 3.45. The maximum atomic E-state index is 11.0. The fraction of sp³-hybridized carbons (Fsp3) is 0. The first-order valence-electron chi connectivity index (χ1n) is 4.98. The van der Waals surface area contributed by atoms with Gasteiger partial charge in [0.25, 0.3) is 0 Å². The van der Waals surface area contributed by atoms with E-state index in [4.69, 9.17) is 34.8 Å². The van der Waals surface area contributed by atoms with Crippen LogP contribution in [0.3, 0.4) is 0 Å². The fourth-order valence-corrected chi connectivity index (χ4v) is 2.99. The van der Waals surface area contributed by atoms with E-state index in [2.05, 4.69) is 0 Å². The molecule has 0 spiro atoms. The molecule has 0 aliphatic carbocycles. The number of carbonyl (C=O) groups is 1.